The van der Waals surface area contributed by atoms with Gasteiger partial charge in [-0.3, -0.25) is 14.4 Å². The van der Waals surface area contributed by atoms with Crippen molar-refractivity contribution >= 4 is 45.5 Å². The highest BCUT2D eigenvalue weighted by molar-refractivity contribution is 9.09. The van der Waals surface area contributed by atoms with Crippen molar-refractivity contribution in [2.24, 2.45) is 17.8 Å². The third-order valence-corrected chi connectivity index (χ3v) is 12.0. The topological polar surface area (TPSA) is 87.2 Å². The van der Waals surface area contributed by atoms with Gasteiger partial charge in [-0.2, -0.15) is 0 Å². The number of allylic oxidation sites excluding steroid dienone is 1. The summed E-state index contributed by atoms with van der Waals surface area (Å²) in [5.74, 6) is -2.15. The number of hydrogen-bond donors (Lipinski definition) is 1. The lowest BCUT2D eigenvalue weighted by Crippen LogP contribution is -2.58. The van der Waals surface area contributed by atoms with Crippen LogP contribution in [0.15, 0.2) is 55.6 Å². The van der Waals surface area contributed by atoms with E-state index in [9.17, 15) is 19.5 Å². The zero-order valence-electron chi connectivity index (χ0n) is 23.4. The Hall–Kier alpha value is -2.10. The molecule has 1 N–H and O–H groups in total. The van der Waals surface area contributed by atoms with E-state index >= 15 is 0 Å². The number of fused-ring (bicyclic) bond motifs is 1. The molecule has 218 valence electrons. The summed E-state index contributed by atoms with van der Waals surface area (Å²) in [4.78, 5) is 45.9. The minimum Gasteiger partial charge on any atom is -0.465 e. The van der Waals surface area contributed by atoms with Crippen molar-refractivity contribution in [3.05, 3.63) is 61.2 Å². The van der Waals surface area contributed by atoms with Gasteiger partial charge in [0, 0.05) is 23.2 Å². The summed E-state index contributed by atoms with van der Waals surface area (Å²) in [5.41, 5.74) is 0.978. The molecular weight excluding hydrogens is 592 g/mol. The molecule has 4 rings (SSSR count). The van der Waals surface area contributed by atoms with Gasteiger partial charge in [-0.25, -0.2) is 0 Å². The van der Waals surface area contributed by atoms with Crippen molar-refractivity contribution in [3.63, 3.8) is 0 Å². The van der Waals surface area contributed by atoms with Crippen molar-refractivity contribution in [2.75, 3.05) is 19.8 Å². The van der Waals surface area contributed by atoms with E-state index < -0.39 is 28.7 Å². The van der Waals surface area contributed by atoms with Crippen LogP contribution in [0.2, 0.25) is 0 Å². The average Bonchev–Trinajstić information content (AvgIpc) is 3.55. The number of hydrogen-bond acceptors (Lipinski definition) is 6. The van der Waals surface area contributed by atoms with Crippen molar-refractivity contribution in [2.45, 2.75) is 73.0 Å². The van der Waals surface area contributed by atoms with Gasteiger partial charge in [0.25, 0.3) is 0 Å². The maximum atomic E-state index is 14.6. The molecule has 3 heterocycles. The molecule has 2 bridgehead atoms. The second-order valence-electron chi connectivity index (χ2n) is 11.1. The van der Waals surface area contributed by atoms with Crippen molar-refractivity contribution in [1.82, 2.24) is 9.80 Å². The minimum atomic E-state index is -0.812. The van der Waals surface area contributed by atoms with Crippen molar-refractivity contribution < 1.29 is 24.2 Å². The monoisotopic (exact) mass is 632 g/mol. The van der Waals surface area contributed by atoms with Gasteiger partial charge in [0.15, 0.2) is 0 Å². The lowest BCUT2D eigenvalue weighted by atomic mass is 9.71. The Balaban J connectivity index is 1.75. The number of carbonyl (C=O) groups excluding carboxylic acids is 3. The standard InChI is InChI=1S/C31H41BrN2O5S/c1-5-8-12-16-39-30(38)24-25-28(36)34(23(19-35)20(4)7-3)27(31(25)17-22(32)26(24)40-31)29(37)33(15-6-2)18-21-13-10-9-11-14-21/h5-6,9-11,13-14,20,22-27,35H,1-2,7-8,12,15-19H2,3-4H3/t20-,22?,23-,24+,25-,26+,27?,31?/m0/s1. The van der Waals surface area contributed by atoms with Crippen LogP contribution in [-0.4, -0.2) is 79.4 Å². The van der Waals surface area contributed by atoms with E-state index in [0.717, 1.165) is 18.4 Å². The van der Waals surface area contributed by atoms with E-state index in [-0.39, 0.29) is 47.0 Å². The normalized spacial score (nSPS) is 30.1. The van der Waals surface area contributed by atoms with Gasteiger partial charge in [0.05, 0.1) is 35.8 Å². The van der Waals surface area contributed by atoms with Gasteiger partial charge in [0.1, 0.15) is 6.04 Å². The van der Waals surface area contributed by atoms with Crippen molar-refractivity contribution in [1.29, 1.82) is 0 Å². The Kier molecular flexibility index (Phi) is 10.2. The van der Waals surface area contributed by atoms with Crippen LogP contribution in [0.3, 0.4) is 0 Å². The Morgan fingerprint density at radius 3 is 2.65 bits per heavy atom. The fraction of sp³-hybridized carbons (Fsp3) is 0.581. The number of halogens is 1. The number of benzene rings is 1. The van der Waals surface area contributed by atoms with E-state index in [2.05, 4.69) is 29.1 Å². The summed E-state index contributed by atoms with van der Waals surface area (Å²) in [6.07, 6.45) is 6.21. The lowest BCUT2D eigenvalue weighted by Gasteiger charge is -2.41. The van der Waals surface area contributed by atoms with Crippen LogP contribution in [0.1, 0.15) is 45.1 Å². The molecular formula is C31H41BrN2O5S. The zero-order chi connectivity index (χ0) is 29.0. The van der Waals surface area contributed by atoms with Gasteiger partial charge in [-0.1, -0.05) is 78.7 Å². The maximum Gasteiger partial charge on any atom is 0.310 e. The number of thioether (sulfide) groups is 1. The van der Waals surface area contributed by atoms with Gasteiger partial charge in [0.2, 0.25) is 11.8 Å². The number of nitrogens with zero attached hydrogens (tertiary/aromatic N) is 2. The molecule has 3 unspecified atom stereocenters. The average molecular weight is 634 g/mol. The van der Waals surface area contributed by atoms with Crippen LogP contribution >= 0.6 is 27.7 Å². The number of unbranched alkanes of at least 4 members (excludes halogenated alkanes) is 1. The third-order valence-electron chi connectivity index (χ3n) is 8.75. The van der Waals surface area contributed by atoms with Crippen LogP contribution < -0.4 is 0 Å². The fourth-order valence-corrected chi connectivity index (χ4v) is 10.2. The Bertz CT molecular complexity index is 1100. The van der Waals surface area contributed by atoms with Gasteiger partial charge >= 0.3 is 5.97 Å². The SMILES string of the molecule is C=CCCCOC(=O)[C@H]1[C@@H]2SC3(CC2Br)C(C(=O)N(CC=C)Cc2ccccc2)N([C@@H](CO)[C@@H](C)CC)C(=O)[C@H]13. The summed E-state index contributed by atoms with van der Waals surface area (Å²) < 4.78 is 4.89. The summed E-state index contributed by atoms with van der Waals surface area (Å²) in [5, 5.41) is 10.4. The first kappa shape index (κ1) is 30.8. The first-order valence-corrected chi connectivity index (χ1v) is 16.0. The molecule has 3 fully saturated rings. The maximum absolute atomic E-state index is 14.6. The largest absolute Gasteiger partial charge is 0.465 e. The molecule has 8 atom stereocenters. The highest BCUT2D eigenvalue weighted by Gasteiger charge is 2.76. The number of ether oxygens (including phenoxy) is 1. The molecule has 9 heteroatoms. The molecule has 2 amide bonds. The number of rotatable bonds is 14. The Labute approximate surface area is 250 Å². The van der Waals surface area contributed by atoms with E-state index in [1.54, 1.807) is 33.7 Å². The molecule has 1 spiro atoms. The molecule has 40 heavy (non-hydrogen) atoms. The number of aliphatic hydroxyl groups is 1. The summed E-state index contributed by atoms with van der Waals surface area (Å²) in [6.45, 7) is 12.3. The second kappa shape index (κ2) is 13.3. The van der Waals surface area contributed by atoms with Gasteiger partial charge < -0.3 is 19.6 Å². The second-order valence-corrected chi connectivity index (χ2v) is 13.9. The molecule has 0 saturated carbocycles. The number of carbonyl (C=O) groups is 3. The zero-order valence-corrected chi connectivity index (χ0v) is 25.8. The highest BCUT2D eigenvalue weighted by atomic mass is 79.9. The minimum absolute atomic E-state index is 0.0345. The number of aliphatic hydroxyl groups excluding tert-OH is 1. The number of likely N-dealkylation sites (tertiary alicyclic amines) is 1. The Morgan fingerprint density at radius 2 is 2.02 bits per heavy atom. The summed E-state index contributed by atoms with van der Waals surface area (Å²) in [7, 11) is 0. The van der Waals surface area contributed by atoms with E-state index in [1.807, 2.05) is 44.2 Å². The molecule has 3 aliphatic heterocycles. The van der Waals surface area contributed by atoms with Crippen LogP contribution in [-0.2, 0) is 25.7 Å². The van der Waals surface area contributed by atoms with Crippen LogP contribution in [0.5, 0.6) is 0 Å². The van der Waals surface area contributed by atoms with E-state index in [0.29, 0.717) is 25.9 Å². The highest BCUT2D eigenvalue weighted by Crippen LogP contribution is 2.68. The first-order valence-electron chi connectivity index (χ1n) is 14.2. The fourth-order valence-electron chi connectivity index (χ4n) is 6.65. The number of amides is 2. The van der Waals surface area contributed by atoms with E-state index in [1.165, 1.54) is 0 Å². The first-order chi connectivity index (χ1) is 19.2. The Morgan fingerprint density at radius 1 is 1.30 bits per heavy atom. The third kappa shape index (κ3) is 5.53. The van der Waals surface area contributed by atoms with Gasteiger partial charge in [-0.15, -0.1) is 24.9 Å². The van der Waals surface area contributed by atoms with Crippen LogP contribution in [0, 0.1) is 17.8 Å². The summed E-state index contributed by atoms with van der Waals surface area (Å²) in [6, 6.07) is 8.40. The van der Waals surface area contributed by atoms with Crippen LogP contribution in [0.4, 0.5) is 0 Å². The molecule has 0 aliphatic carbocycles. The molecule has 3 saturated heterocycles. The quantitative estimate of drug-likeness (QED) is 0.140. The molecule has 7 nitrogen and oxygen atoms in total. The van der Waals surface area contributed by atoms with Crippen molar-refractivity contribution in [3.8, 4) is 0 Å². The molecule has 0 aromatic heterocycles. The molecule has 1 aromatic rings. The summed E-state index contributed by atoms with van der Waals surface area (Å²) >= 11 is 5.39. The lowest BCUT2D eigenvalue weighted by molar-refractivity contribution is -0.154. The van der Waals surface area contributed by atoms with E-state index in [4.69, 9.17) is 4.74 Å². The number of esters is 1. The predicted octanol–water partition coefficient (Wildman–Crippen LogP) is 4.58. The molecule has 3 aliphatic rings. The predicted molar refractivity (Wildman–Crippen MR) is 162 cm³/mol. The number of alkyl halides is 1. The molecule has 0 radical (unpaired) electrons. The smallest absolute Gasteiger partial charge is 0.310 e. The van der Waals surface area contributed by atoms with Gasteiger partial charge in [-0.05, 0) is 30.7 Å². The molecule has 1 aromatic carbocycles. The van der Waals surface area contributed by atoms with Crippen LogP contribution in [0.25, 0.3) is 0 Å².